The van der Waals surface area contributed by atoms with Gasteiger partial charge in [-0.2, -0.15) is 0 Å². The van der Waals surface area contributed by atoms with Gasteiger partial charge in [0.25, 0.3) is 0 Å². The molecule has 2 aromatic rings. The number of rotatable bonds is 0. The summed E-state index contributed by atoms with van der Waals surface area (Å²) in [5.41, 5.74) is 6.81. The van der Waals surface area contributed by atoms with Crippen LogP contribution in [0.2, 0.25) is 0 Å². The minimum absolute atomic E-state index is 0.232. The summed E-state index contributed by atoms with van der Waals surface area (Å²) in [4.78, 5) is 0. The summed E-state index contributed by atoms with van der Waals surface area (Å²) in [5, 5.41) is 19.9. The zero-order chi connectivity index (χ0) is 14.4. The lowest BCUT2D eigenvalue weighted by Gasteiger charge is -2.24. The van der Waals surface area contributed by atoms with Crippen molar-refractivity contribution in [3.8, 4) is 35.0 Å². The summed E-state index contributed by atoms with van der Waals surface area (Å²) in [5.74, 6) is 3.26. The second-order valence-electron chi connectivity index (χ2n) is 5.30. The molecule has 2 nitrogen and oxygen atoms in total. The van der Waals surface area contributed by atoms with Crippen molar-refractivity contribution in [2.45, 2.75) is 26.7 Å². The van der Waals surface area contributed by atoms with Gasteiger partial charge < -0.3 is 10.2 Å². The molecule has 0 aliphatic heterocycles. The molecule has 0 heterocycles. The lowest BCUT2D eigenvalue weighted by atomic mass is 9.80. The van der Waals surface area contributed by atoms with Gasteiger partial charge in [-0.1, -0.05) is 12.0 Å². The fraction of sp³-hybridized carbons (Fsp3) is 0.222. The van der Waals surface area contributed by atoms with E-state index in [1.54, 1.807) is 12.1 Å². The Morgan fingerprint density at radius 3 is 2.35 bits per heavy atom. The monoisotopic (exact) mass is 264 g/mol. The number of phenols is 2. The number of terminal acetylenes is 1. The molecule has 100 valence electrons. The Hall–Kier alpha value is -2.40. The summed E-state index contributed by atoms with van der Waals surface area (Å²) in [6.07, 6.45) is 7.32. The van der Waals surface area contributed by atoms with Gasteiger partial charge in [0.2, 0.25) is 0 Å². The molecule has 0 atom stereocenters. The maximum Gasteiger partial charge on any atom is 0.120 e. The SMILES string of the molecule is C#Cc1c(C)c(O)cc2c1CCc1c-2ccc(O)c1C. The van der Waals surface area contributed by atoms with E-state index in [0.717, 1.165) is 51.8 Å². The highest BCUT2D eigenvalue weighted by Gasteiger charge is 2.23. The molecule has 0 radical (unpaired) electrons. The van der Waals surface area contributed by atoms with Crippen LogP contribution in [0.15, 0.2) is 18.2 Å². The minimum Gasteiger partial charge on any atom is -0.508 e. The lowest BCUT2D eigenvalue weighted by Crippen LogP contribution is -2.09. The van der Waals surface area contributed by atoms with Gasteiger partial charge in [0.15, 0.2) is 0 Å². The molecule has 2 N–H and O–H groups in total. The third kappa shape index (κ3) is 1.60. The van der Waals surface area contributed by atoms with Gasteiger partial charge >= 0.3 is 0 Å². The number of phenolic OH excluding ortho intramolecular Hbond substituents is 2. The summed E-state index contributed by atoms with van der Waals surface area (Å²) in [7, 11) is 0. The lowest BCUT2D eigenvalue weighted by molar-refractivity contribution is 0.469. The number of hydrogen-bond acceptors (Lipinski definition) is 2. The standard InChI is InChI=1S/C18H16O2/c1-4-12-10(2)18(20)9-16-14(12)6-5-13-11(3)17(19)8-7-15(13)16/h1,7-9,19-20H,5-6H2,2-3H3. The topological polar surface area (TPSA) is 40.5 Å². The molecule has 0 spiro atoms. The van der Waals surface area contributed by atoms with Crippen molar-refractivity contribution in [2.24, 2.45) is 0 Å². The maximum atomic E-state index is 10.1. The van der Waals surface area contributed by atoms with Crippen LogP contribution in [0.1, 0.15) is 27.8 Å². The molecule has 0 amide bonds. The first-order valence-corrected chi connectivity index (χ1v) is 6.68. The average molecular weight is 264 g/mol. The predicted molar refractivity (Wildman–Crippen MR) is 80.0 cm³/mol. The molecule has 1 aliphatic carbocycles. The van der Waals surface area contributed by atoms with Gasteiger partial charge in [0, 0.05) is 11.1 Å². The Morgan fingerprint density at radius 1 is 0.950 bits per heavy atom. The summed E-state index contributed by atoms with van der Waals surface area (Å²) >= 11 is 0. The first kappa shape index (κ1) is 12.6. The first-order chi connectivity index (χ1) is 9.54. The second-order valence-corrected chi connectivity index (χ2v) is 5.30. The Bertz CT molecular complexity index is 764. The number of benzene rings is 2. The van der Waals surface area contributed by atoms with E-state index in [-0.39, 0.29) is 5.75 Å². The summed E-state index contributed by atoms with van der Waals surface area (Å²) < 4.78 is 0. The largest absolute Gasteiger partial charge is 0.508 e. The maximum absolute atomic E-state index is 10.1. The Morgan fingerprint density at radius 2 is 1.65 bits per heavy atom. The zero-order valence-electron chi connectivity index (χ0n) is 11.6. The number of fused-ring (bicyclic) bond motifs is 3. The fourth-order valence-corrected chi connectivity index (χ4v) is 3.09. The summed E-state index contributed by atoms with van der Waals surface area (Å²) in [6.45, 7) is 3.78. The summed E-state index contributed by atoms with van der Waals surface area (Å²) in [6, 6.07) is 5.40. The predicted octanol–water partition coefficient (Wildman–Crippen LogP) is 3.46. The third-order valence-corrected chi connectivity index (χ3v) is 4.30. The molecule has 2 aromatic carbocycles. The van der Waals surface area contributed by atoms with E-state index in [1.165, 1.54) is 0 Å². The van der Waals surface area contributed by atoms with E-state index in [4.69, 9.17) is 6.42 Å². The zero-order valence-corrected chi connectivity index (χ0v) is 11.6. The van der Waals surface area contributed by atoms with Gasteiger partial charge in [-0.25, -0.2) is 0 Å². The Balaban J connectivity index is 2.37. The van der Waals surface area contributed by atoms with E-state index in [9.17, 15) is 10.2 Å². The molecule has 1 aliphatic rings. The molecule has 0 bridgehead atoms. The highest BCUT2D eigenvalue weighted by atomic mass is 16.3. The molecule has 0 aromatic heterocycles. The van der Waals surface area contributed by atoms with Gasteiger partial charge in [-0.15, -0.1) is 6.42 Å². The third-order valence-electron chi connectivity index (χ3n) is 4.30. The van der Waals surface area contributed by atoms with E-state index >= 15 is 0 Å². The van der Waals surface area contributed by atoms with Crippen LogP contribution in [0.5, 0.6) is 11.5 Å². The molecule has 2 heteroatoms. The number of aromatic hydroxyl groups is 2. The van der Waals surface area contributed by atoms with Gasteiger partial charge in [0.05, 0.1) is 0 Å². The Kier molecular flexibility index (Phi) is 2.72. The van der Waals surface area contributed by atoms with Crippen LogP contribution < -0.4 is 0 Å². The highest BCUT2D eigenvalue weighted by Crippen LogP contribution is 2.42. The van der Waals surface area contributed by atoms with Gasteiger partial charge in [0.1, 0.15) is 11.5 Å². The van der Waals surface area contributed by atoms with Crippen molar-refractivity contribution >= 4 is 0 Å². The van der Waals surface area contributed by atoms with E-state index < -0.39 is 0 Å². The van der Waals surface area contributed by atoms with Crippen molar-refractivity contribution in [1.29, 1.82) is 0 Å². The molecule has 0 fully saturated rings. The van der Waals surface area contributed by atoms with Crippen LogP contribution >= 0.6 is 0 Å². The van der Waals surface area contributed by atoms with Crippen LogP contribution in [0.3, 0.4) is 0 Å². The van der Waals surface area contributed by atoms with Crippen molar-refractivity contribution in [3.63, 3.8) is 0 Å². The molecule has 0 unspecified atom stereocenters. The normalized spacial score (nSPS) is 12.4. The number of hydrogen-bond donors (Lipinski definition) is 2. The molecular formula is C18H16O2. The smallest absolute Gasteiger partial charge is 0.120 e. The van der Waals surface area contributed by atoms with Crippen LogP contribution in [-0.4, -0.2) is 10.2 Å². The molecule has 0 saturated heterocycles. The van der Waals surface area contributed by atoms with Crippen molar-refractivity contribution in [1.82, 2.24) is 0 Å². The molecular weight excluding hydrogens is 248 g/mol. The minimum atomic E-state index is 0.232. The second kappa shape index (κ2) is 4.31. The van der Waals surface area contributed by atoms with Crippen molar-refractivity contribution in [3.05, 3.63) is 46.0 Å². The van der Waals surface area contributed by atoms with E-state index in [1.807, 2.05) is 19.9 Å². The van der Waals surface area contributed by atoms with Gasteiger partial charge in [-0.3, -0.25) is 0 Å². The van der Waals surface area contributed by atoms with Crippen LogP contribution in [-0.2, 0) is 12.8 Å². The highest BCUT2D eigenvalue weighted by molar-refractivity contribution is 5.79. The Labute approximate surface area is 118 Å². The van der Waals surface area contributed by atoms with Crippen LogP contribution in [0.25, 0.3) is 11.1 Å². The van der Waals surface area contributed by atoms with Crippen LogP contribution in [0.4, 0.5) is 0 Å². The molecule has 20 heavy (non-hydrogen) atoms. The molecule has 0 saturated carbocycles. The van der Waals surface area contributed by atoms with Crippen LogP contribution in [0, 0.1) is 26.2 Å². The van der Waals surface area contributed by atoms with Crippen molar-refractivity contribution in [2.75, 3.05) is 0 Å². The van der Waals surface area contributed by atoms with E-state index in [0.29, 0.717) is 5.75 Å². The van der Waals surface area contributed by atoms with Gasteiger partial charge in [-0.05, 0) is 66.6 Å². The van der Waals surface area contributed by atoms with Crippen molar-refractivity contribution < 1.29 is 10.2 Å². The fourth-order valence-electron chi connectivity index (χ4n) is 3.09. The van der Waals surface area contributed by atoms with E-state index in [2.05, 4.69) is 5.92 Å². The first-order valence-electron chi connectivity index (χ1n) is 6.68. The average Bonchev–Trinajstić information content (AvgIpc) is 2.44. The quantitative estimate of drug-likeness (QED) is 0.715. The molecule has 3 rings (SSSR count).